The highest BCUT2D eigenvalue weighted by atomic mass is 16.3. The number of carbonyl (C=O) groups excluding carboxylic acids is 2. The van der Waals surface area contributed by atoms with Gasteiger partial charge in [0.1, 0.15) is 0 Å². The molecule has 0 bridgehead atoms. The maximum Gasteiger partial charge on any atom is 0.223 e. The average molecular weight is 1190 g/mol. The van der Waals surface area contributed by atoms with E-state index >= 15 is 0 Å². The molecule has 2 amide bonds. The number of rotatable bonds is 69. The van der Waals surface area contributed by atoms with Gasteiger partial charge in [-0.15, -0.1) is 0 Å². The van der Waals surface area contributed by atoms with Gasteiger partial charge in [0.15, 0.2) is 0 Å². The predicted molar refractivity (Wildman–Crippen MR) is 363 cm³/mol. The van der Waals surface area contributed by atoms with Gasteiger partial charge in [-0.05, 0) is 220 Å². The van der Waals surface area contributed by atoms with Gasteiger partial charge in [-0.2, -0.15) is 0 Å². The molecule has 0 spiro atoms. The maximum absolute atomic E-state index is 13.6. The Morgan fingerprint density at radius 1 is 0.357 bits per heavy atom. The number of amides is 2. The molecule has 4 unspecified atom stereocenters. The lowest BCUT2D eigenvalue weighted by molar-refractivity contribution is -0.126. The molecule has 0 aliphatic heterocycles. The van der Waals surface area contributed by atoms with Crippen molar-refractivity contribution in [1.29, 1.82) is 0 Å². The Hall–Kier alpha value is -1.98. The van der Waals surface area contributed by atoms with Gasteiger partial charge >= 0.3 is 0 Å². The Labute approximate surface area is 520 Å². The lowest BCUT2D eigenvalue weighted by atomic mass is 9.95. The summed E-state index contributed by atoms with van der Waals surface area (Å²) in [7, 11) is 0. The van der Waals surface area contributed by atoms with Crippen LogP contribution in [0.15, 0.2) is 24.3 Å². The van der Waals surface area contributed by atoms with Gasteiger partial charge in [0.2, 0.25) is 11.8 Å². The van der Waals surface area contributed by atoms with Crippen molar-refractivity contribution in [2.24, 2.45) is 34.8 Å². The zero-order chi connectivity index (χ0) is 61.3. The van der Waals surface area contributed by atoms with Gasteiger partial charge in [-0.25, -0.2) is 0 Å². The van der Waals surface area contributed by atoms with Crippen molar-refractivity contribution in [1.82, 2.24) is 31.1 Å². The van der Waals surface area contributed by atoms with Gasteiger partial charge < -0.3 is 64.2 Å². The number of nitrogens with two attached hydrogens (primary N) is 4. The fourth-order valence-corrected chi connectivity index (χ4v) is 11.4. The fraction of sp³-hybridized carbons (Fsp3) is 0.914. The summed E-state index contributed by atoms with van der Waals surface area (Å²) in [6.07, 6.45) is 56.7. The molecule has 0 heterocycles. The molecular formula is C70H144N10O4. The second-order valence-corrected chi connectivity index (χ2v) is 25.0. The van der Waals surface area contributed by atoms with E-state index in [1.807, 2.05) is 0 Å². The Morgan fingerprint density at radius 2 is 0.631 bits per heavy atom. The molecule has 4 atom stereocenters. The first-order valence-electron chi connectivity index (χ1n) is 36.1. The molecule has 0 aromatic heterocycles. The smallest absolute Gasteiger partial charge is 0.223 e. The van der Waals surface area contributed by atoms with Crippen molar-refractivity contribution in [2.45, 2.75) is 296 Å². The van der Waals surface area contributed by atoms with Crippen LogP contribution in [0.25, 0.3) is 0 Å². The minimum Gasteiger partial charge on any atom is -0.390 e. The second-order valence-electron chi connectivity index (χ2n) is 25.0. The number of aliphatic hydroxyl groups excluding tert-OH is 2. The summed E-state index contributed by atoms with van der Waals surface area (Å²) in [5.74, 6) is -0.0818. The number of unbranched alkanes of at least 4 members (excludes halogenated alkanes) is 27. The van der Waals surface area contributed by atoms with Crippen molar-refractivity contribution >= 4 is 11.8 Å². The largest absolute Gasteiger partial charge is 0.390 e. The third-order valence-electron chi connectivity index (χ3n) is 16.8. The van der Waals surface area contributed by atoms with E-state index in [0.29, 0.717) is 39.3 Å². The monoisotopic (exact) mass is 1190 g/mol. The van der Waals surface area contributed by atoms with E-state index in [0.717, 1.165) is 155 Å². The number of hydrogen-bond donors (Lipinski definition) is 10. The molecule has 0 rings (SSSR count). The van der Waals surface area contributed by atoms with Crippen molar-refractivity contribution in [3.8, 4) is 0 Å². The van der Waals surface area contributed by atoms with Crippen LogP contribution in [-0.2, 0) is 9.59 Å². The molecule has 0 aliphatic carbocycles. The molecule has 0 aliphatic rings. The lowest BCUT2D eigenvalue weighted by Gasteiger charge is -2.28. The quantitative estimate of drug-likeness (QED) is 0.0202. The first-order chi connectivity index (χ1) is 41.3. The summed E-state index contributed by atoms with van der Waals surface area (Å²) in [5, 5.41) is 36.2. The van der Waals surface area contributed by atoms with E-state index in [-0.39, 0.29) is 36.7 Å². The van der Waals surface area contributed by atoms with Crippen LogP contribution in [0, 0.1) is 11.8 Å². The zero-order valence-corrected chi connectivity index (χ0v) is 55.5. The fourth-order valence-electron chi connectivity index (χ4n) is 11.4. The first-order valence-corrected chi connectivity index (χ1v) is 36.1. The molecule has 0 aromatic carbocycles. The Kier molecular flexibility index (Phi) is 65.4. The van der Waals surface area contributed by atoms with Gasteiger partial charge in [0, 0.05) is 38.0 Å². The molecule has 0 saturated heterocycles. The highest BCUT2D eigenvalue weighted by Gasteiger charge is 2.22. The van der Waals surface area contributed by atoms with Gasteiger partial charge in [-0.1, -0.05) is 167 Å². The van der Waals surface area contributed by atoms with Gasteiger partial charge in [0.25, 0.3) is 0 Å². The molecule has 0 radical (unpaired) electrons. The number of carbonyl (C=O) groups is 2. The Morgan fingerprint density at radius 3 is 0.952 bits per heavy atom. The Balaban J connectivity index is 5.66. The van der Waals surface area contributed by atoms with E-state index in [1.165, 1.54) is 167 Å². The van der Waals surface area contributed by atoms with Crippen molar-refractivity contribution in [3.63, 3.8) is 0 Å². The van der Waals surface area contributed by atoms with Crippen LogP contribution < -0.4 is 44.2 Å². The van der Waals surface area contributed by atoms with E-state index in [4.69, 9.17) is 22.9 Å². The van der Waals surface area contributed by atoms with Crippen molar-refractivity contribution in [2.75, 3.05) is 105 Å². The van der Waals surface area contributed by atoms with Crippen molar-refractivity contribution < 1.29 is 19.8 Å². The summed E-state index contributed by atoms with van der Waals surface area (Å²) in [5.41, 5.74) is 23.0. The lowest BCUT2D eigenvalue weighted by Crippen LogP contribution is -2.43. The number of nitrogens with one attached hydrogen (secondary N) is 4. The molecule has 0 aromatic rings. The number of allylic oxidation sites excluding steroid dienone is 4. The van der Waals surface area contributed by atoms with Gasteiger partial charge in [-0.3, -0.25) is 9.59 Å². The predicted octanol–water partition coefficient (Wildman–Crippen LogP) is 12.3. The normalized spacial score (nSPS) is 13.5. The van der Waals surface area contributed by atoms with Gasteiger partial charge in [0.05, 0.1) is 12.2 Å². The van der Waals surface area contributed by atoms with E-state index in [2.05, 4.69) is 69.2 Å². The summed E-state index contributed by atoms with van der Waals surface area (Å²) < 4.78 is 0. The Bertz CT molecular complexity index is 1310. The van der Waals surface area contributed by atoms with Crippen LogP contribution in [0.4, 0.5) is 0 Å². The van der Waals surface area contributed by atoms with Crippen LogP contribution in [0.2, 0.25) is 0 Å². The third kappa shape index (κ3) is 57.7. The average Bonchev–Trinajstić information content (AvgIpc) is 3.50. The molecule has 0 fully saturated rings. The van der Waals surface area contributed by atoms with Crippen molar-refractivity contribution in [3.05, 3.63) is 24.3 Å². The zero-order valence-electron chi connectivity index (χ0n) is 55.5. The summed E-state index contributed by atoms with van der Waals surface area (Å²) in [6, 6.07) is 0. The highest BCUT2D eigenvalue weighted by Crippen LogP contribution is 2.18. The molecular weight excluding hydrogens is 1040 g/mol. The second kappa shape index (κ2) is 67.0. The summed E-state index contributed by atoms with van der Waals surface area (Å²) in [6.45, 7) is 15.9. The topological polar surface area (TPSA) is 233 Å². The standard InChI is InChI=1S/C70H144N10O4/c1-3-5-7-9-11-13-15-17-19-21-23-25-27-29-31-37-57-79(63-67(81)61-77-69(83)65(45-33-35-49-71)47-41-53-75-55-43-51-73)59-39-40-60-80(58-38-32-30-28-26-24-22-20-18-16-14-12-10-8-6-4-2)64-68(82)62-78-70(84)66(46-34-36-50-72)48-42-54-76-56-44-52-74/h17-20,65-68,75-76,81-82H,3-16,21-64,71-74H2,1-2H3,(H,77,83)(H,78,84)/b19-17+,20-18+. The maximum atomic E-state index is 13.6. The molecule has 84 heavy (non-hydrogen) atoms. The molecule has 14 N–H and O–H groups in total. The van der Waals surface area contributed by atoms with E-state index in [9.17, 15) is 19.8 Å². The number of aliphatic hydroxyl groups is 2. The minimum atomic E-state index is -0.655. The highest BCUT2D eigenvalue weighted by molar-refractivity contribution is 5.79. The van der Waals surface area contributed by atoms with Crippen LogP contribution in [-0.4, -0.2) is 149 Å². The van der Waals surface area contributed by atoms with Crippen LogP contribution in [0.1, 0.15) is 284 Å². The van der Waals surface area contributed by atoms with E-state index < -0.39 is 12.2 Å². The van der Waals surface area contributed by atoms with E-state index in [1.54, 1.807) is 0 Å². The summed E-state index contributed by atoms with van der Waals surface area (Å²) >= 11 is 0. The minimum absolute atomic E-state index is 0.0427. The molecule has 0 saturated carbocycles. The number of hydrogen-bond acceptors (Lipinski definition) is 12. The molecule has 14 heteroatoms. The molecule has 498 valence electrons. The molecule has 14 nitrogen and oxygen atoms in total. The third-order valence-corrected chi connectivity index (χ3v) is 16.8. The first kappa shape index (κ1) is 82.0. The van der Waals surface area contributed by atoms with Crippen LogP contribution in [0.3, 0.4) is 0 Å². The SMILES string of the molecule is CCCCCCCC/C=C/CCCCCCCCN(CCCCN(CCCCCCCC/C=C/CCCCCCCC)CC(O)CNC(=O)C(CCCCN)CCCNCCCN)CC(O)CNC(=O)C(CCCCN)CCCNCCCN. The summed E-state index contributed by atoms with van der Waals surface area (Å²) in [4.78, 5) is 32.0. The van der Waals surface area contributed by atoms with Crippen LogP contribution >= 0.6 is 0 Å². The van der Waals surface area contributed by atoms with Crippen LogP contribution in [0.5, 0.6) is 0 Å². The number of nitrogens with zero attached hydrogens (tertiary/aromatic N) is 2.